The fraction of sp³-hybridized carbons (Fsp3) is 0.294. The van der Waals surface area contributed by atoms with E-state index in [1.807, 2.05) is 0 Å². The van der Waals surface area contributed by atoms with Gasteiger partial charge in [-0.05, 0) is 49.1 Å². The van der Waals surface area contributed by atoms with Crippen LogP contribution in [0.25, 0.3) is 0 Å². The largest absolute Gasteiger partial charge is 0.331 e. The fourth-order valence-electron chi connectivity index (χ4n) is 2.95. The monoisotopic (exact) mass is 300 g/mol. The first-order chi connectivity index (χ1) is 10.7. The number of pyridine rings is 1. The number of rotatable bonds is 2. The van der Waals surface area contributed by atoms with Crippen molar-refractivity contribution in [3.05, 3.63) is 69.9 Å². The molecule has 4 nitrogen and oxygen atoms in total. The number of halogens is 1. The summed E-state index contributed by atoms with van der Waals surface area (Å²) in [6.07, 6.45) is 4.25. The molecule has 1 aliphatic heterocycles. The quantitative estimate of drug-likeness (QED) is 0.927. The number of aromatic amines is 1. The zero-order valence-corrected chi connectivity index (χ0v) is 12.1. The Morgan fingerprint density at radius 1 is 1.18 bits per heavy atom. The van der Waals surface area contributed by atoms with Crippen molar-refractivity contribution in [3.8, 4) is 0 Å². The smallest absolute Gasteiger partial charge is 0.260 e. The Hall–Kier alpha value is -2.43. The number of nitrogens with zero attached hydrogens (tertiary/aromatic N) is 1. The van der Waals surface area contributed by atoms with E-state index in [1.165, 1.54) is 24.4 Å². The molecule has 1 aromatic heterocycles. The predicted molar refractivity (Wildman–Crippen MR) is 81.1 cm³/mol. The maximum atomic E-state index is 13.1. The third kappa shape index (κ3) is 2.79. The molecular formula is C17H17FN2O2. The summed E-state index contributed by atoms with van der Waals surface area (Å²) in [5, 5.41) is 0. The van der Waals surface area contributed by atoms with Crippen LogP contribution in [0.15, 0.2) is 47.4 Å². The summed E-state index contributed by atoms with van der Waals surface area (Å²) >= 11 is 0. The highest BCUT2D eigenvalue weighted by Gasteiger charge is 2.29. The van der Waals surface area contributed by atoms with Crippen LogP contribution in [-0.4, -0.2) is 22.3 Å². The summed E-state index contributed by atoms with van der Waals surface area (Å²) in [6, 6.07) is 9.30. The molecule has 1 aromatic carbocycles. The molecule has 22 heavy (non-hydrogen) atoms. The molecule has 2 heterocycles. The van der Waals surface area contributed by atoms with Crippen molar-refractivity contribution in [1.29, 1.82) is 0 Å². The van der Waals surface area contributed by atoms with Gasteiger partial charge in [-0.1, -0.05) is 12.1 Å². The summed E-state index contributed by atoms with van der Waals surface area (Å²) in [5.74, 6) is -0.562. The highest BCUT2D eigenvalue weighted by molar-refractivity contribution is 5.94. The van der Waals surface area contributed by atoms with E-state index < -0.39 is 0 Å². The summed E-state index contributed by atoms with van der Waals surface area (Å²) in [4.78, 5) is 28.8. The number of benzene rings is 1. The summed E-state index contributed by atoms with van der Waals surface area (Å²) < 4.78 is 13.1. The number of carbonyl (C=O) groups is 1. The Balaban J connectivity index is 1.93. The van der Waals surface area contributed by atoms with E-state index in [0.29, 0.717) is 6.54 Å². The molecule has 3 rings (SSSR count). The highest BCUT2D eigenvalue weighted by Crippen LogP contribution is 2.31. The molecular weight excluding hydrogens is 283 g/mol. The number of hydrogen-bond acceptors (Lipinski definition) is 2. The van der Waals surface area contributed by atoms with Gasteiger partial charge in [0.2, 0.25) is 0 Å². The van der Waals surface area contributed by atoms with E-state index in [0.717, 1.165) is 24.8 Å². The first-order valence-corrected chi connectivity index (χ1v) is 7.41. The normalized spacial score (nSPS) is 18.2. The van der Waals surface area contributed by atoms with Crippen LogP contribution in [0.5, 0.6) is 0 Å². The second-order valence-corrected chi connectivity index (χ2v) is 5.47. The number of H-pyrrole nitrogens is 1. The first kappa shape index (κ1) is 14.5. The summed E-state index contributed by atoms with van der Waals surface area (Å²) in [5.41, 5.74) is 0.675. The lowest BCUT2D eigenvalue weighted by molar-refractivity contribution is 0.0609. The molecule has 2 aromatic rings. The number of aromatic nitrogens is 1. The molecule has 1 saturated heterocycles. The lowest BCUT2D eigenvalue weighted by Crippen LogP contribution is -2.40. The molecule has 1 atom stereocenters. The Morgan fingerprint density at radius 3 is 2.68 bits per heavy atom. The molecule has 0 saturated carbocycles. The van der Waals surface area contributed by atoms with Crippen LogP contribution in [0.4, 0.5) is 4.39 Å². The molecule has 0 radical (unpaired) electrons. The highest BCUT2D eigenvalue weighted by atomic mass is 19.1. The maximum Gasteiger partial charge on any atom is 0.260 e. The lowest BCUT2D eigenvalue weighted by Gasteiger charge is -2.36. The number of piperidine rings is 1. The predicted octanol–water partition coefficient (Wildman–Crippen LogP) is 2.88. The number of likely N-dealkylation sites (tertiary alicyclic amines) is 1. The molecule has 1 N–H and O–H groups in total. The standard InChI is InChI=1S/C17H17FN2O2/c18-13-8-6-12(7-9-13)15-5-1-2-11-20(15)17(22)14-4-3-10-19-16(14)21/h3-4,6-10,15H,1-2,5,11H2,(H,19,21). The van der Waals surface area contributed by atoms with Crippen LogP contribution in [0.2, 0.25) is 0 Å². The molecule has 0 spiro atoms. The Bertz CT molecular complexity index is 724. The molecule has 1 unspecified atom stereocenters. The summed E-state index contributed by atoms with van der Waals surface area (Å²) in [7, 11) is 0. The molecule has 0 aliphatic carbocycles. The third-order valence-electron chi connectivity index (χ3n) is 4.07. The minimum Gasteiger partial charge on any atom is -0.331 e. The molecule has 1 fully saturated rings. The van der Waals surface area contributed by atoms with E-state index in [4.69, 9.17) is 0 Å². The average molecular weight is 300 g/mol. The minimum absolute atomic E-state index is 0.110. The van der Waals surface area contributed by atoms with Crippen molar-refractivity contribution in [2.24, 2.45) is 0 Å². The van der Waals surface area contributed by atoms with Gasteiger partial charge in [0, 0.05) is 12.7 Å². The molecule has 114 valence electrons. The SMILES string of the molecule is O=C(c1ccc[nH]c1=O)N1CCCCC1c1ccc(F)cc1. The van der Waals surface area contributed by atoms with E-state index in [9.17, 15) is 14.0 Å². The Kier molecular flexibility index (Phi) is 4.04. The second-order valence-electron chi connectivity index (χ2n) is 5.47. The fourth-order valence-corrected chi connectivity index (χ4v) is 2.95. The van der Waals surface area contributed by atoms with E-state index in [2.05, 4.69) is 4.98 Å². The van der Waals surface area contributed by atoms with Gasteiger partial charge >= 0.3 is 0 Å². The van der Waals surface area contributed by atoms with Crippen LogP contribution >= 0.6 is 0 Å². The van der Waals surface area contributed by atoms with Gasteiger partial charge in [-0.2, -0.15) is 0 Å². The van der Waals surface area contributed by atoms with Gasteiger partial charge in [0.05, 0.1) is 6.04 Å². The van der Waals surface area contributed by atoms with Crippen LogP contribution in [0, 0.1) is 5.82 Å². The van der Waals surface area contributed by atoms with Gasteiger partial charge in [0.1, 0.15) is 11.4 Å². The lowest BCUT2D eigenvalue weighted by atomic mass is 9.94. The van der Waals surface area contributed by atoms with Crippen LogP contribution in [-0.2, 0) is 0 Å². The van der Waals surface area contributed by atoms with Crippen LogP contribution in [0.1, 0.15) is 41.2 Å². The van der Waals surface area contributed by atoms with E-state index in [1.54, 1.807) is 23.1 Å². The number of carbonyl (C=O) groups excluding carboxylic acids is 1. The van der Waals surface area contributed by atoms with Crippen LogP contribution in [0.3, 0.4) is 0 Å². The Morgan fingerprint density at radius 2 is 1.95 bits per heavy atom. The van der Waals surface area contributed by atoms with Crippen molar-refractivity contribution < 1.29 is 9.18 Å². The van der Waals surface area contributed by atoms with E-state index in [-0.39, 0.29) is 28.9 Å². The van der Waals surface area contributed by atoms with Gasteiger partial charge in [0.25, 0.3) is 11.5 Å². The average Bonchev–Trinajstić information content (AvgIpc) is 2.55. The van der Waals surface area contributed by atoms with Crippen LogP contribution < -0.4 is 5.56 Å². The number of amides is 1. The van der Waals surface area contributed by atoms with Gasteiger partial charge in [-0.3, -0.25) is 9.59 Å². The van der Waals surface area contributed by atoms with Gasteiger partial charge in [-0.15, -0.1) is 0 Å². The van der Waals surface area contributed by atoms with Gasteiger partial charge < -0.3 is 9.88 Å². The molecule has 0 bridgehead atoms. The molecule has 5 heteroatoms. The van der Waals surface area contributed by atoms with E-state index >= 15 is 0 Å². The van der Waals surface area contributed by atoms with Crippen molar-refractivity contribution >= 4 is 5.91 Å². The zero-order chi connectivity index (χ0) is 15.5. The van der Waals surface area contributed by atoms with Crippen molar-refractivity contribution in [3.63, 3.8) is 0 Å². The molecule has 1 amide bonds. The van der Waals surface area contributed by atoms with Crippen molar-refractivity contribution in [2.75, 3.05) is 6.54 Å². The topological polar surface area (TPSA) is 53.2 Å². The second kappa shape index (κ2) is 6.13. The van der Waals surface area contributed by atoms with Gasteiger partial charge in [0.15, 0.2) is 0 Å². The van der Waals surface area contributed by atoms with Crippen molar-refractivity contribution in [2.45, 2.75) is 25.3 Å². The first-order valence-electron chi connectivity index (χ1n) is 7.41. The molecule has 1 aliphatic rings. The number of nitrogens with one attached hydrogen (secondary N) is 1. The minimum atomic E-state index is -0.379. The maximum absolute atomic E-state index is 13.1. The van der Waals surface area contributed by atoms with Gasteiger partial charge in [-0.25, -0.2) is 4.39 Å². The summed E-state index contributed by atoms with van der Waals surface area (Å²) in [6.45, 7) is 0.606. The number of hydrogen-bond donors (Lipinski definition) is 1. The third-order valence-corrected chi connectivity index (χ3v) is 4.07. The van der Waals surface area contributed by atoms with Crippen molar-refractivity contribution in [1.82, 2.24) is 9.88 Å². The Labute approximate surface area is 127 Å². The zero-order valence-electron chi connectivity index (χ0n) is 12.1.